The summed E-state index contributed by atoms with van der Waals surface area (Å²) in [5.41, 5.74) is 3.27. The summed E-state index contributed by atoms with van der Waals surface area (Å²) in [7, 11) is 0. The molecule has 3 rings (SSSR count). The zero-order valence-electron chi connectivity index (χ0n) is 13.1. The maximum absolute atomic E-state index is 9.55. The lowest BCUT2D eigenvalue weighted by Gasteiger charge is -2.13. The predicted octanol–water partition coefficient (Wildman–Crippen LogP) is 1.69. The number of aliphatic carboxylic acids is 2. The van der Waals surface area contributed by atoms with E-state index in [0.29, 0.717) is 17.6 Å². The molecule has 4 N–H and O–H groups in total. The van der Waals surface area contributed by atoms with E-state index in [1.165, 1.54) is 30.8 Å². The quantitative estimate of drug-likeness (QED) is 0.617. The third kappa shape index (κ3) is 4.32. The lowest BCUT2D eigenvalue weighted by molar-refractivity contribution is -0.134. The van der Waals surface area contributed by atoms with Gasteiger partial charge in [0.1, 0.15) is 0 Å². The Morgan fingerprint density at radius 2 is 1.87 bits per heavy atom. The Kier molecular flexibility index (Phi) is 5.39. The first-order valence-electron chi connectivity index (χ1n) is 7.67. The van der Waals surface area contributed by atoms with Gasteiger partial charge in [-0.05, 0) is 43.5 Å². The van der Waals surface area contributed by atoms with Gasteiger partial charge >= 0.3 is 11.9 Å². The first-order chi connectivity index (χ1) is 11.0. The minimum Gasteiger partial charge on any atom is -0.478 e. The number of anilines is 1. The van der Waals surface area contributed by atoms with Crippen LogP contribution in [0.4, 0.5) is 5.69 Å². The van der Waals surface area contributed by atoms with Crippen molar-refractivity contribution in [3.63, 3.8) is 0 Å². The van der Waals surface area contributed by atoms with Crippen LogP contribution in [0.25, 0.3) is 0 Å². The van der Waals surface area contributed by atoms with Gasteiger partial charge in [0.05, 0.1) is 0 Å². The summed E-state index contributed by atoms with van der Waals surface area (Å²) in [4.78, 5) is 19.1. The van der Waals surface area contributed by atoms with Crippen LogP contribution in [0, 0.1) is 5.92 Å². The van der Waals surface area contributed by atoms with Crippen LogP contribution < -0.4 is 10.6 Å². The molecule has 0 aromatic heterocycles. The van der Waals surface area contributed by atoms with Gasteiger partial charge < -0.3 is 20.8 Å². The number of fused-ring (bicyclic) bond motifs is 1. The van der Waals surface area contributed by atoms with E-state index >= 15 is 0 Å². The molecule has 0 spiro atoms. The Balaban J connectivity index is 0.000000207. The number of carbonyl (C=O) groups is 2. The van der Waals surface area contributed by atoms with Crippen molar-refractivity contribution >= 4 is 17.6 Å². The van der Waals surface area contributed by atoms with E-state index in [2.05, 4.69) is 41.8 Å². The number of nitrogens with one attached hydrogen (secondary N) is 2. The van der Waals surface area contributed by atoms with Gasteiger partial charge in [0.15, 0.2) is 0 Å². The zero-order valence-corrected chi connectivity index (χ0v) is 13.1. The second kappa shape index (κ2) is 7.28. The van der Waals surface area contributed by atoms with E-state index < -0.39 is 11.9 Å². The number of hydrogen-bond acceptors (Lipinski definition) is 4. The Morgan fingerprint density at radius 1 is 1.26 bits per heavy atom. The Labute approximate surface area is 135 Å². The van der Waals surface area contributed by atoms with Crippen LogP contribution in [0.2, 0.25) is 0 Å². The monoisotopic (exact) mass is 318 g/mol. The lowest BCUT2D eigenvalue weighted by Crippen LogP contribution is -2.19. The molecule has 23 heavy (non-hydrogen) atoms. The number of benzene rings is 1. The molecule has 1 saturated heterocycles. The molecular formula is C17H22N2O4. The standard InChI is InChI=1S/C13H18N2.C4H4O4/c1-2-15-12-5-3-10(4-6-12)13-7-11(13)8-14-9-13;5-3(6)1-2-4(7)8/h3-6,11,14-15H,2,7-9H2,1H3;1-2H,(H,5,6)(H,7,8)/b;2-1+. The van der Waals surface area contributed by atoms with Crippen LogP contribution in [0.5, 0.6) is 0 Å². The topological polar surface area (TPSA) is 98.7 Å². The van der Waals surface area contributed by atoms with Gasteiger partial charge in [-0.1, -0.05) is 12.1 Å². The molecule has 124 valence electrons. The lowest BCUT2D eigenvalue weighted by atomic mass is 9.95. The van der Waals surface area contributed by atoms with Crippen LogP contribution in [-0.4, -0.2) is 41.8 Å². The van der Waals surface area contributed by atoms with Crippen LogP contribution in [0.3, 0.4) is 0 Å². The normalized spacial score (nSPS) is 24.5. The average Bonchev–Trinajstić information content (AvgIpc) is 3.08. The Morgan fingerprint density at radius 3 is 2.26 bits per heavy atom. The maximum atomic E-state index is 9.55. The molecule has 1 aliphatic heterocycles. The Hall–Kier alpha value is -2.34. The summed E-state index contributed by atoms with van der Waals surface area (Å²) in [6.07, 6.45) is 2.51. The van der Waals surface area contributed by atoms with Gasteiger partial charge in [-0.15, -0.1) is 0 Å². The number of rotatable bonds is 5. The second-order valence-corrected chi connectivity index (χ2v) is 5.81. The van der Waals surface area contributed by atoms with Gasteiger partial charge in [-0.2, -0.15) is 0 Å². The fourth-order valence-corrected chi connectivity index (χ4v) is 3.06. The van der Waals surface area contributed by atoms with E-state index in [4.69, 9.17) is 10.2 Å². The van der Waals surface area contributed by atoms with E-state index in [1.54, 1.807) is 0 Å². The second-order valence-electron chi connectivity index (χ2n) is 5.81. The fraction of sp³-hybridized carbons (Fsp3) is 0.412. The number of hydrogen-bond donors (Lipinski definition) is 4. The summed E-state index contributed by atoms with van der Waals surface area (Å²) in [6.45, 7) is 5.52. The minimum absolute atomic E-state index is 0.505. The SMILES string of the molecule is CCNc1ccc(C23CNCC2C3)cc1.O=C(O)/C=C/C(=O)O. The van der Waals surface area contributed by atoms with Crippen LogP contribution in [0.1, 0.15) is 18.9 Å². The first-order valence-corrected chi connectivity index (χ1v) is 7.67. The zero-order chi connectivity index (χ0) is 16.9. The van der Waals surface area contributed by atoms with Gasteiger partial charge in [-0.3, -0.25) is 0 Å². The van der Waals surface area contributed by atoms with E-state index in [1.807, 2.05) is 0 Å². The summed E-state index contributed by atoms with van der Waals surface area (Å²) in [5.74, 6) is -1.61. The molecule has 2 unspecified atom stereocenters. The fourth-order valence-electron chi connectivity index (χ4n) is 3.06. The highest BCUT2D eigenvalue weighted by molar-refractivity contribution is 5.89. The number of carboxylic acids is 2. The van der Waals surface area contributed by atoms with E-state index in [0.717, 1.165) is 12.5 Å². The number of carboxylic acid groups (broad SMARTS) is 2. The van der Waals surface area contributed by atoms with Crippen molar-refractivity contribution in [1.82, 2.24) is 5.32 Å². The molecule has 2 atom stereocenters. The van der Waals surface area contributed by atoms with E-state index in [-0.39, 0.29) is 0 Å². The molecule has 0 radical (unpaired) electrons. The summed E-state index contributed by atoms with van der Waals surface area (Å²) < 4.78 is 0. The van der Waals surface area contributed by atoms with Gasteiger partial charge in [0.25, 0.3) is 0 Å². The molecule has 2 fully saturated rings. The summed E-state index contributed by atoms with van der Waals surface area (Å²) in [5, 5.41) is 22.4. The molecule has 0 amide bonds. The van der Waals surface area contributed by atoms with Crippen molar-refractivity contribution < 1.29 is 19.8 Å². The molecule has 6 heteroatoms. The van der Waals surface area contributed by atoms with Gasteiger partial charge in [0.2, 0.25) is 0 Å². The molecule has 1 aliphatic carbocycles. The molecule has 1 aromatic carbocycles. The van der Waals surface area contributed by atoms with Gasteiger partial charge in [-0.25, -0.2) is 9.59 Å². The third-order valence-corrected chi connectivity index (χ3v) is 4.27. The van der Waals surface area contributed by atoms with Crippen LogP contribution in [-0.2, 0) is 15.0 Å². The smallest absolute Gasteiger partial charge is 0.328 e. The highest BCUT2D eigenvalue weighted by Gasteiger charge is 2.57. The first kappa shape index (κ1) is 17.0. The highest BCUT2D eigenvalue weighted by atomic mass is 16.4. The minimum atomic E-state index is -1.26. The predicted molar refractivity (Wildman–Crippen MR) is 87.7 cm³/mol. The summed E-state index contributed by atoms with van der Waals surface area (Å²) >= 11 is 0. The average molecular weight is 318 g/mol. The molecule has 1 saturated carbocycles. The van der Waals surface area contributed by atoms with Gasteiger partial charge in [0, 0.05) is 36.3 Å². The van der Waals surface area contributed by atoms with Crippen molar-refractivity contribution in [1.29, 1.82) is 0 Å². The van der Waals surface area contributed by atoms with Crippen LogP contribution in [0.15, 0.2) is 36.4 Å². The van der Waals surface area contributed by atoms with Crippen molar-refractivity contribution in [2.75, 3.05) is 25.0 Å². The highest BCUT2D eigenvalue weighted by Crippen LogP contribution is 2.56. The molecule has 2 aliphatic rings. The van der Waals surface area contributed by atoms with Crippen molar-refractivity contribution in [3.05, 3.63) is 42.0 Å². The Bertz CT molecular complexity index is 581. The summed E-state index contributed by atoms with van der Waals surface area (Å²) in [6, 6.07) is 9.01. The molecule has 6 nitrogen and oxygen atoms in total. The number of piperidine rings is 1. The van der Waals surface area contributed by atoms with Crippen LogP contribution >= 0.6 is 0 Å². The molecule has 1 aromatic rings. The van der Waals surface area contributed by atoms with Crippen molar-refractivity contribution in [2.24, 2.45) is 5.92 Å². The largest absolute Gasteiger partial charge is 0.478 e. The molecule has 0 bridgehead atoms. The molecular weight excluding hydrogens is 296 g/mol. The van der Waals surface area contributed by atoms with Crippen molar-refractivity contribution in [3.8, 4) is 0 Å². The third-order valence-electron chi connectivity index (χ3n) is 4.27. The maximum Gasteiger partial charge on any atom is 0.328 e. The van der Waals surface area contributed by atoms with E-state index in [9.17, 15) is 9.59 Å². The van der Waals surface area contributed by atoms with Crippen molar-refractivity contribution in [2.45, 2.75) is 18.8 Å². The molecule has 1 heterocycles.